The molecule has 1 aromatic heterocycles. The summed E-state index contributed by atoms with van der Waals surface area (Å²) in [6.07, 6.45) is 3.31. The van der Waals surface area contributed by atoms with Crippen molar-refractivity contribution in [2.24, 2.45) is 0 Å². The third-order valence-electron chi connectivity index (χ3n) is 3.85. The van der Waals surface area contributed by atoms with Crippen LogP contribution in [0.15, 0.2) is 6.07 Å². The Balaban J connectivity index is 2.47. The van der Waals surface area contributed by atoms with Crippen LogP contribution in [0.2, 0.25) is 0 Å². The molecule has 1 aliphatic carbocycles. The monoisotopic (exact) mass is 261 g/mol. The van der Waals surface area contributed by atoms with Gasteiger partial charge in [-0.2, -0.15) is 0 Å². The fraction of sp³-hybridized carbons (Fsp3) is 0.625. The number of carbonyl (C=O) groups is 1. The summed E-state index contributed by atoms with van der Waals surface area (Å²) in [4.78, 5) is 16.9. The number of nitrogens with zero attached hydrogens (tertiary/aromatic N) is 1. The number of hydrogen-bond donors (Lipinski definition) is 0. The minimum atomic E-state index is -0.235. The number of aryl methyl sites for hydroxylation is 1. The molecule has 0 saturated carbocycles. The van der Waals surface area contributed by atoms with Gasteiger partial charge >= 0.3 is 5.97 Å². The van der Waals surface area contributed by atoms with Crippen molar-refractivity contribution in [3.63, 3.8) is 0 Å². The molecule has 3 nitrogen and oxygen atoms in total. The molecule has 0 radical (unpaired) electrons. The number of esters is 1. The van der Waals surface area contributed by atoms with Crippen molar-refractivity contribution < 1.29 is 9.53 Å². The Bertz CT molecular complexity index is 480. The number of carbonyl (C=O) groups excluding carboxylic acids is 1. The van der Waals surface area contributed by atoms with E-state index in [1.807, 2.05) is 13.0 Å². The molecule has 1 atom stereocenters. The van der Waals surface area contributed by atoms with E-state index in [2.05, 4.69) is 20.8 Å². The van der Waals surface area contributed by atoms with Gasteiger partial charge < -0.3 is 4.74 Å². The van der Waals surface area contributed by atoms with Gasteiger partial charge in [-0.25, -0.2) is 4.79 Å². The van der Waals surface area contributed by atoms with Crippen LogP contribution in [0.25, 0.3) is 0 Å². The van der Waals surface area contributed by atoms with Crippen molar-refractivity contribution in [1.29, 1.82) is 0 Å². The van der Waals surface area contributed by atoms with Crippen LogP contribution >= 0.6 is 0 Å². The second-order valence-corrected chi connectivity index (χ2v) is 5.48. The summed E-state index contributed by atoms with van der Waals surface area (Å²) < 4.78 is 5.15. The van der Waals surface area contributed by atoms with Crippen molar-refractivity contribution in [2.75, 3.05) is 6.61 Å². The fourth-order valence-corrected chi connectivity index (χ4v) is 2.81. The number of hydrogen-bond acceptors (Lipinski definition) is 3. The third-order valence-corrected chi connectivity index (χ3v) is 3.85. The number of ether oxygens (including phenoxy) is 1. The zero-order chi connectivity index (χ0) is 14.0. The lowest BCUT2D eigenvalue weighted by molar-refractivity contribution is 0.0524. The first kappa shape index (κ1) is 14.0. The number of pyridine rings is 1. The normalized spacial score (nSPS) is 17.6. The van der Waals surface area contributed by atoms with Gasteiger partial charge in [0.15, 0.2) is 0 Å². The predicted molar refractivity (Wildman–Crippen MR) is 75.6 cm³/mol. The minimum absolute atomic E-state index is 0.235. The SMILES string of the molecule is CCOC(=O)c1cc2c(nc1C(C)C)C(CC)CC2. The first-order valence-corrected chi connectivity index (χ1v) is 7.29. The molecule has 1 aliphatic rings. The first-order chi connectivity index (χ1) is 9.08. The van der Waals surface area contributed by atoms with E-state index in [1.165, 1.54) is 11.3 Å². The summed E-state index contributed by atoms with van der Waals surface area (Å²) >= 11 is 0. The van der Waals surface area contributed by atoms with Gasteiger partial charge in [-0.05, 0) is 43.7 Å². The Morgan fingerprint density at radius 2 is 2.21 bits per heavy atom. The van der Waals surface area contributed by atoms with Crippen molar-refractivity contribution in [2.45, 2.75) is 58.8 Å². The molecular weight excluding hydrogens is 238 g/mol. The van der Waals surface area contributed by atoms with E-state index >= 15 is 0 Å². The molecule has 0 aliphatic heterocycles. The molecule has 0 spiro atoms. The van der Waals surface area contributed by atoms with Gasteiger partial charge in [0.25, 0.3) is 0 Å². The summed E-state index contributed by atoms with van der Waals surface area (Å²) in [5.74, 6) is 0.563. The Labute approximate surface area is 115 Å². The molecule has 1 heterocycles. The van der Waals surface area contributed by atoms with Gasteiger partial charge in [0, 0.05) is 11.6 Å². The topological polar surface area (TPSA) is 39.2 Å². The van der Waals surface area contributed by atoms with Crippen LogP contribution in [0.5, 0.6) is 0 Å². The largest absolute Gasteiger partial charge is 0.462 e. The maximum Gasteiger partial charge on any atom is 0.339 e. The molecule has 3 heteroatoms. The first-order valence-electron chi connectivity index (χ1n) is 7.29. The number of fused-ring (bicyclic) bond motifs is 1. The summed E-state index contributed by atoms with van der Waals surface area (Å²) in [7, 11) is 0. The lowest BCUT2D eigenvalue weighted by atomic mass is 9.98. The highest BCUT2D eigenvalue weighted by atomic mass is 16.5. The lowest BCUT2D eigenvalue weighted by Gasteiger charge is -2.15. The van der Waals surface area contributed by atoms with Crippen molar-refractivity contribution >= 4 is 5.97 Å². The highest BCUT2D eigenvalue weighted by molar-refractivity contribution is 5.91. The Morgan fingerprint density at radius 3 is 2.79 bits per heavy atom. The molecule has 0 aromatic carbocycles. The summed E-state index contributed by atoms with van der Waals surface area (Å²) in [6, 6.07) is 2.02. The molecule has 0 bridgehead atoms. The van der Waals surface area contributed by atoms with Gasteiger partial charge in [-0.15, -0.1) is 0 Å². The van der Waals surface area contributed by atoms with Crippen LogP contribution in [0, 0.1) is 0 Å². The highest BCUT2D eigenvalue weighted by Gasteiger charge is 2.27. The van der Waals surface area contributed by atoms with Gasteiger partial charge in [0.05, 0.1) is 17.9 Å². The lowest BCUT2D eigenvalue weighted by Crippen LogP contribution is -2.13. The van der Waals surface area contributed by atoms with Crippen molar-refractivity contribution in [3.05, 3.63) is 28.6 Å². The minimum Gasteiger partial charge on any atom is -0.462 e. The zero-order valence-electron chi connectivity index (χ0n) is 12.3. The highest BCUT2D eigenvalue weighted by Crippen LogP contribution is 2.36. The predicted octanol–water partition coefficient (Wildman–Crippen LogP) is 3.82. The van der Waals surface area contributed by atoms with Crippen LogP contribution in [0.1, 0.15) is 79.7 Å². The summed E-state index contributed by atoms with van der Waals surface area (Å²) in [5, 5.41) is 0. The zero-order valence-corrected chi connectivity index (χ0v) is 12.3. The van der Waals surface area contributed by atoms with Crippen LogP contribution in [0.3, 0.4) is 0 Å². The van der Waals surface area contributed by atoms with E-state index in [1.54, 1.807) is 0 Å². The second kappa shape index (κ2) is 5.72. The van der Waals surface area contributed by atoms with Gasteiger partial charge in [-0.3, -0.25) is 4.98 Å². The molecule has 0 N–H and O–H groups in total. The Kier molecular flexibility index (Phi) is 4.23. The van der Waals surface area contributed by atoms with E-state index in [0.29, 0.717) is 18.1 Å². The molecule has 0 amide bonds. The summed E-state index contributed by atoms with van der Waals surface area (Å²) in [5.41, 5.74) is 3.99. The summed E-state index contributed by atoms with van der Waals surface area (Å²) in [6.45, 7) is 8.60. The van der Waals surface area contributed by atoms with Crippen LogP contribution in [-0.2, 0) is 11.2 Å². The molecule has 0 saturated heterocycles. The molecule has 19 heavy (non-hydrogen) atoms. The third kappa shape index (κ3) is 2.65. The van der Waals surface area contributed by atoms with E-state index in [-0.39, 0.29) is 11.9 Å². The molecular formula is C16H23NO2. The second-order valence-electron chi connectivity index (χ2n) is 5.48. The standard InChI is InChI=1S/C16H23NO2/c1-5-11-7-8-12-9-13(16(18)19-6-2)14(10(3)4)17-15(11)12/h9-11H,5-8H2,1-4H3. The van der Waals surface area contributed by atoms with E-state index in [0.717, 1.165) is 25.0 Å². The molecule has 2 rings (SSSR count). The molecule has 104 valence electrons. The maximum atomic E-state index is 12.1. The van der Waals surface area contributed by atoms with Gasteiger partial charge in [0.2, 0.25) is 0 Å². The average Bonchev–Trinajstić information content (AvgIpc) is 2.79. The smallest absolute Gasteiger partial charge is 0.339 e. The molecule has 1 aromatic rings. The van der Waals surface area contributed by atoms with Crippen LogP contribution in [-0.4, -0.2) is 17.6 Å². The number of rotatable bonds is 4. The van der Waals surface area contributed by atoms with Crippen molar-refractivity contribution in [1.82, 2.24) is 4.98 Å². The Morgan fingerprint density at radius 1 is 1.47 bits per heavy atom. The van der Waals surface area contributed by atoms with Crippen LogP contribution in [0.4, 0.5) is 0 Å². The Hall–Kier alpha value is -1.38. The van der Waals surface area contributed by atoms with Gasteiger partial charge in [0.1, 0.15) is 0 Å². The van der Waals surface area contributed by atoms with Gasteiger partial charge in [-0.1, -0.05) is 20.8 Å². The average molecular weight is 261 g/mol. The van der Waals surface area contributed by atoms with E-state index in [9.17, 15) is 4.79 Å². The van der Waals surface area contributed by atoms with E-state index < -0.39 is 0 Å². The fourth-order valence-electron chi connectivity index (χ4n) is 2.81. The molecule has 1 unspecified atom stereocenters. The quantitative estimate of drug-likeness (QED) is 0.773. The molecule has 0 fully saturated rings. The maximum absolute atomic E-state index is 12.1. The van der Waals surface area contributed by atoms with Crippen LogP contribution < -0.4 is 0 Å². The van der Waals surface area contributed by atoms with E-state index in [4.69, 9.17) is 9.72 Å². The van der Waals surface area contributed by atoms with Crippen molar-refractivity contribution in [3.8, 4) is 0 Å². The number of aromatic nitrogens is 1.